The lowest BCUT2D eigenvalue weighted by Gasteiger charge is -2.40. The van der Waals surface area contributed by atoms with E-state index in [1.165, 1.54) is 12.1 Å². The van der Waals surface area contributed by atoms with Crippen LogP contribution in [-0.4, -0.2) is 34.7 Å². The summed E-state index contributed by atoms with van der Waals surface area (Å²) >= 11 is 1.85. The molecule has 0 saturated carbocycles. The van der Waals surface area contributed by atoms with Crippen molar-refractivity contribution in [2.75, 3.05) is 22.9 Å². The predicted molar refractivity (Wildman–Crippen MR) is 76.5 cm³/mol. The molecule has 1 aliphatic heterocycles. The van der Waals surface area contributed by atoms with Gasteiger partial charge < -0.3 is 15.7 Å². The molecule has 1 fully saturated rings. The van der Waals surface area contributed by atoms with Crippen molar-refractivity contribution in [2.24, 2.45) is 0 Å². The van der Waals surface area contributed by atoms with Crippen LogP contribution in [0, 0.1) is 5.82 Å². The second-order valence-corrected chi connectivity index (χ2v) is 6.16. The Bertz CT molecular complexity index is 510. The number of benzene rings is 1. The third kappa shape index (κ3) is 2.49. The minimum Gasteiger partial charge on any atom is -0.478 e. The number of rotatable bonds is 2. The first-order valence-corrected chi connectivity index (χ1v) is 7.18. The van der Waals surface area contributed by atoms with Crippen LogP contribution in [0.3, 0.4) is 0 Å². The van der Waals surface area contributed by atoms with Gasteiger partial charge in [-0.3, -0.25) is 0 Å². The van der Waals surface area contributed by atoms with Gasteiger partial charge in [-0.2, -0.15) is 11.8 Å². The minimum atomic E-state index is -1.19. The van der Waals surface area contributed by atoms with Crippen LogP contribution in [0.4, 0.5) is 15.8 Å². The predicted octanol–water partition coefficient (Wildman–Crippen LogP) is 2.44. The summed E-state index contributed by atoms with van der Waals surface area (Å²) in [5.74, 6) is -0.958. The molecule has 0 radical (unpaired) electrons. The van der Waals surface area contributed by atoms with Gasteiger partial charge in [-0.1, -0.05) is 6.92 Å². The number of carboxylic acids is 1. The number of hydrogen-bond donors (Lipinski definition) is 2. The number of anilines is 2. The molecule has 2 atom stereocenters. The van der Waals surface area contributed by atoms with Gasteiger partial charge in [-0.25, -0.2) is 9.18 Å². The van der Waals surface area contributed by atoms with Crippen molar-refractivity contribution in [3.8, 4) is 0 Å². The quantitative estimate of drug-likeness (QED) is 0.817. The molecule has 6 heteroatoms. The largest absolute Gasteiger partial charge is 0.478 e. The van der Waals surface area contributed by atoms with E-state index in [-0.39, 0.29) is 17.3 Å². The number of nitrogen functional groups attached to an aromatic ring is 1. The van der Waals surface area contributed by atoms with Gasteiger partial charge in [0.25, 0.3) is 0 Å². The summed E-state index contributed by atoms with van der Waals surface area (Å²) in [5, 5.41) is 9.67. The summed E-state index contributed by atoms with van der Waals surface area (Å²) in [4.78, 5) is 13.3. The molecule has 1 aromatic carbocycles. The van der Waals surface area contributed by atoms with Gasteiger partial charge in [0.05, 0.1) is 11.4 Å². The van der Waals surface area contributed by atoms with Gasteiger partial charge in [0, 0.05) is 23.6 Å². The first kappa shape index (κ1) is 14.0. The topological polar surface area (TPSA) is 66.6 Å². The van der Waals surface area contributed by atoms with Crippen LogP contribution in [0.1, 0.15) is 24.2 Å². The van der Waals surface area contributed by atoms with E-state index in [1.54, 1.807) is 0 Å². The fourth-order valence-electron chi connectivity index (χ4n) is 2.32. The number of nitrogens with two attached hydrogens (primary N) is 1. The third-order valence-electron chi connectivity index (χ3n) is 3.58. The molecule has 2 rings (SSSR count). The molecule has 1 saturated heterocycles. The summed E-state index contributed by atoms with van der Waals surface area (Å²) in [6.07, 6.45) is 0. The van der Waals surface area contributed by atoms with Crippen LogP contribution in [0.5, 0.6) is 0 Å². The fraction of sp³-hybridized carbons (Fsp3) is 0.462. The Labute approximate surface area is 115 Å². The van der Waals surface area contributed by atoms with Crippen molar-refractivity contribution in [2.45, 2.75) is 25.1 Å². The maximum atomic E-state index is 13.4. The molecule has 19 heavy (non-hydrogen) atoms. The van der Waals surface area contributed by atoms with E-state index in [4.69, 9.17) is 5.73 Å². The third-order valence-corrected chi connectivity index (χ3v) is 4.92. The number of carboxylic acid groups (broad SMARTS) is 1. The monoisotopic (exact) mass is 284 g/mol. The number of hydrogen-bond acceptors (Lipinski definition) is 4. The van der Waals surface area contributed by atoms with Crippen LogP contribution in [-0.2, 0) is 0 Å². The van der Waals surface area contributed by atoms with Gasteiger partial charge >= 0.3 is 5.97 Å². The van der Waals surface area contributed by atoms with E-state index in [0.717, 1.165) is 12.3 Å². The highest BCUT2D eigenvalue weighted by Crippen LogP contribution is 2.34. The lowest BCUT2D eigenvalue weighted by atomic mass is 10.1. The molecule has 1 aromatic rings. The smallest absolute Gasteiger partial charge is 0.340 e. The lowest BCUT2D eigenvalue weighted by molar-refractivity contribution is 0.0698. The molecule has 0 spiro atoms. The molecule has 104 valence electrons. The second kappa shape index (κ2) is 5.28. The Hall–Kier alpha value is -1.43. The van der Waals surface area contributed by atoms with Crippen molar-refractivity contribution in [1.29, 1.82) is 0 Å². The highest BCUT2D eigenvalue weighted by Gasteiger charge is 2.29. The van der Waals surface area contributed by atoms with Crippen molar-refractivity contribution >= 4 is 29.1 Å². The maximum absolute atomic E-state index is 13.4. The number of carbonyl (C=O) groups is 1. The highest BCUT2D eigenvalue weighted by molar-refractivity contribution is 8.00. The first-order chi connectivity index (χ1) is 8.93. The highest BCUT2D eigenvalue weighted by atomic mass is 32.2. The van der Waals surface area contributed by atoms with E-state index in [0.29, 0.717) is 10.9 Å². The Kier molecular flexibility index (Phi) is 3.89. The molecule has 3 N–H and O–H groups in total. The van der Waals surface area contributed by atoms with Crippen LogP contribution in [0.15, 0.2) is 12.1 Å². The Morgan fingerprint density at radius 2 is 2.21 bits per heavy atom. The van der Waals surface area contributed by atoms with Crippen molar-refractivity contribution in [3.05, 3.63) is 23.5 Å². The van der Waals surface area contributed by atoms with Crippen LogP contribution in [0.2, 0.25) is 0 Å². The van der Waals surface area contributed by atoms with E-state index >= 15 is 0 Å². The zero-order valence-electron chi connectivity index (χ0n) is 10.9. The molecule has 0 amide bonds. The summed E-state index contributed by atoms with van der Waals surface area (Å²) in [7, 11) is 0. The maximum Gasteiger partial charge on any atom is 0.340 e. The number of nitrogens with zero attached hydrogens (tertiary/aromatic N) is 1. The average Bonchev–Trinajstić information content (AvgIpc) is 2.35. The Morgan fingerprint density at radius 1 is 1.53 bits per heavy atom. The molecular weight excluding hydrogens is 267 g/mol. The average molecular weight is 284 g/mol. The minimum absolute atomic E-state index is 0.133. The summed E-state index contributed by atoms with van der Waals surface area (Å²) < 4.78 is 13.4. The molecule has 4 nitrogen and oxygen atoms in total. The molecule has 0 aliphatic carbocycles. The SMILES string of the molecule is CC1SCCN(c2ccc(F)c(N)c2C(=O)O)C1C. The van der Waals surface area contributed by atoms with Crippen molar-refractivity contribution < 1.29 is 14.3 Å². The zero-order chi connectivity index (χ0) is 14.2. The zero-order valence-corrected chi connectivity index (χ0v) is 11.7. The summed E-state index contributed by atoms with van der Waals surface area (Å²) in [6, 6.07) is 2.92. The Morgan fingerprint density at radius 3 is 2.84 bits per heavy atom. The number of aromatic carboxylic acids is 1. The Balaban J connectivity index is 2.50. The molecule has 2 unspecified atom stereocenters. The van der Waals surface area contributed by atoms with Gasteiger partial charge in [0.2, 0.25) is 0 Å². The van der Waals surface area contributed by atoms with Crippen LogP contribution < -0.4 is 10.6 Å². The normalized spacial score (nSPS) is 23.4. The fourth-order valence-corrected chi connectivity index (χ4v) is 3.42. The molecule has 0 aromatic heterocycles. The standard InChI is InChI=1S/C13H17FN2O2S/c1-7-8(2)19-6-5-16(7)10-4-3-9(14)12(15)11(10)13(17)18/h3-4,7-8H,5-6,15H2,1-2H3,(H,17,18). The van der Waals surface area contributed by atoms with Gasteiger partial charge in [0.1, 0.15) is 11.4 Å². The van der Waals surface area contributed by atoms with Crippen molar-refractivity contribution in [1.82, 2.24) is 0 Å². The first-order valence-electron chi connectivity index (χ1n) is 6.13. The number of thioether (sulfide) groups is 1. The lowest BCUT2D eigenvalue weighted by Crippen LogP contribution is -2.45. The van der Waals surface area contributed by atoms with Crippen molar-refractivity contribution in [3.63, 3.8) is 0 Å². The van der Waals surface area contributed by atoms with E-state index in [1.807, 2.05) is 23.6 Å². The van der Waals surface area contributed by atoms with Gasteiger partial charge in [-0.05, 0) is 19.1 Å². The van der Waals surface area contributed by atoms with Crippen LogP contribution >= 0.6 is 11.8 Å². The number of halogens is 1. The van der Waals surface area contributed by atoms with E-state index in [9.17, 15) is 14.3 Å². The van der Waals surface area contributed by atoms with Crippen LogP contribution in [0.25, 0.3) is 0 Å². The van der Waals surface area contributed by atoms with Gasteiger partial charge in [-0.15, -0.1) is 0 Å². The molecule has 1 aliphatic rings. The second-order valence-electron chi connectivity index (χ2n) is 4.67. The van der Waals surface area contributed by atoms with Gasteiger partial charge in [0.15, 0.2) is 0 Å². The summed E-state index contributed by atoms with van der Waals surface area (Å²) in [5.41, 5.74) is 5.67. The molecule has 0 bridgehead atoms. The van der Waals surface area contributed by atoms with E-state index in [2.05, 4.69) is 6.92 Å². The molecular formula is C13H17FN2O2S. The summed E-state index contributed by atoms with van der Waals surface area (Å²) in [6.45, 7) is 4.89. The van der Waals surface area contributed by atoms with E-state index < -0.39 is 11.8 Å². The molecule has 1 heterocycles.